The van der Waals surface area contributed by atoms with E-state index in [1.807, 2.05) is 20.8 Å². The zero-order valence-corrected chi connectivity index (χ0v) is 17.3. The van der Waals surface area contributed by atoms with Gasteiger partial charge in [-0.1, -0.05) is 0 Å². The van der Waals surface area contributed by atoms with Gasteiger partial charge in [0.2, 0.25) is 15.9 Å². The molecular formula is C20H26N2O5S. The Morgan fingerprint density at radius 3 is 2.11 bits per heavy atom. The first-order valence-corrected chi connectivity index (χ1v) is 10.8. The van der Waals surface area contributed by atoms with E-state index in [2.05, 4.69) is 5.32 Å². The van der Waals surface area contributed by atoms with Gasteiger partial charge in [-0.15, -0.1) is 0 Å². The molecule has 2 aromatic rings. The number of amides is 1. The van der Waals surface area contributed by atoms with Crippen LogP contribution in [-0.2, 0) is 14.8 Å². The molecule has 0 aromatic heterocycles. The second-order valence-electron chi connectivity index (χ2n) is 6.44. The molecule has 1 N–H and O–H groups in total. The fourth-order valence-electron chi connectivity index (χ4n) is 2.50. The summed E-state index contributed by atoms with van der Waals surface area (Å²) < 4.78 is 36.4. The van der Waals surface area contributed by atoms with Crippen LogP contribution >= 0.6 is 0 Å². The summed E-state index contributed by atoms with van der Waals surface area (Å²) in [7, 11) is -3.64. The quantitative estimate of drug-likeness (QED) is 0.691. The van der Waals surface area contributed by atoms with Crippen molar-refractivity contribution in [2.75, 3.05) is 29.0 Å². The average Bonchev–Trinajstić information content (AvgIpc) is 2.61. The van der Waals surface area contributed by atoms with Gasteiger partial charge in [0, 0.05) is 5.69 Å². The SMILES string of the molecule is CCOc1ccc(NC(=O)CN(c2ccc(OC(C)C)cc2)S(C)(=O)=O)cc1. The minimum absolute atomic E-state index is 0.0109. The fourth-order valence-corrected chi connectivity index (χ4v) is 3.35. The van der Waals surface area contributed by atoms with Gasteiger partial charge >= 0.3 is 0 Å². The summed E-state index contributed by atoms with van der Waals surface area (Å²) in [4.78, 5) is 12.4. The highest BCUT2D eigenvalue weighted by Crippen LogP contribution is 2.22. The number of carbonyl (C=O) groups is 1. The summed E-state index contributed by atoms with van der Waals surface area (Å²) in [5.74, 6) is 0.880. The first-order chi connectivity index (χ1) is 13.2. The van der Waals surface area contributed by atoms with Gasteiger partial charge in [0.1, 0.15) is 18.0 Å². The van der Waals surface area contributed by atoms with Crippen molar-refractivity contribution in [3.8, 4) is 11.5 Å². The molecule has 28 heavy (non-hydrogen) atoms. The lowest BCUT2D eigenvalue weighted by molar-refractivity contribution is -0.114. The van der Waals surface area contributed by atoms with Crippen molar-refractivity contribution in [1.29, 1.82) is 0 Å². The van der Waals surface area contributed by atoms with Gasteiger partial charge in [-0.3, -0.25) is 9.10 Å². The van der Waals surface area contributed by atoms with E-state index in [1.165, 1.54) is 0 Å². The predicted octanol–water partition coefficient (Wildman–Crippen LogP) is 3.28. The molecule has 0 saturated carbocycles. The van der Waals surface area contributed by atoms with E-state index in [9.17, 15) is 13.2 Å². The topological polar surface area (TPSA) is 84.9 Å². The highest BCUT2D eigenvalue weighted by molar-refractivity contribution is 7.92. The van der Waals surface area contributed by atoms with Crippen LogP contribution in [0.1, 0.15) is 20.8 Å². The van der Waals surface area contributed by atoms with Crippen LogP contribution < -0.4 is 19.1 Å². The van der Waals surface area contributed by atoms with E-state index >= 15 is 0 Å². The molecule has 152 valence electrons. The van der Waals surface area contributed by atoms with E-state index in [4.69, 9.17) is 9.47 Å². The van der Waals surface area contributed by atoms with Crippen LogP contribution in [0.4, 0.5) is 11.4 Å². The van der Waals surface area contributed by atoms with Crippen LogP contribution in [0, 0.1) is 0 Å². The first-order valence-electron chi connectivity index (χ1n) is 8.96. The molecule has 2 aromatic carbocycles. The number of benzene rings is 2. The molecule has 0 spiro atoms. The summed E-state index contributed by atoms with van der Waals surface area (Å²) in [5.41, 5.74) is 0.947. The maximum atomic E-state index is 12.4. The molecule has 0 heterocycles. The van der Waals surface area contributed by atoms with Crippen LogP contribution in [0.5, 0.6) is 11.5 Å². The molecule has 0 atom stereocenters. The molecule has 0 fully saturated rings. The van der Waals surface area contributed by atoms with Gasteiger partial charge in [-0.2, -0.15) is 0 Å². The summed E-state index contributed by atoms with van der Waals surface area (Å²) in [6, 6.07) is 13.5. The molecule has 0 aliphatic carbocycles. The molecule has 0 aliphatic heterocycles. The molecule has 8 heteroatoms. The van der Waals surface area contributed by atoms with E-state index < -0.39 is 15.9 Å². The minimum atomic E-state index is -3.64. The zero-order chi connectivity index (χ0) is 20.7. The van der Waals surface area contributed by atoms with Crippen LogP contribution in [0.2, 0.25) is 0 Å². The normalized spacial score (nSPS) is 11.2. The van der Waals surface area contributed by atoms with Gasteiger partial charge in [-0.25, -0.2) is 8.42 Å². The predicted molar refractivity (Wildman–Crippen MR) is 111 cm³/mol. The second kappa shape index (κ2) is 9.45. The highest BCUT2D eigenvalue weighted by atomic mass is 32.2. The number of carbonyl (C=O) groups excluding carboxylic acids is 1. The van der Waals surface area contributed by atoms with Crippen LogP contribution in [0.25, 0.3) is 0 Å². The van der Waals surface area contributed by atoms with Crippen molar-refractivity contribution >= 4 is 27.3 Å². The van der Waals surface area contributed by atoms with Crippen molar-refractivity contribution in [2.45, 2.75) is 26.9 Å². The molecule has 0 aliphatic rings. The van der Waals surface area contributed by atoms with E-state index in [1.54, 1.807) is 48.5 Å². The standard InChI is InChI=1S/C20H26N2O5S/c1-5-26-18-10-6-16(7-11-18)21-20(23)14-22(28(4,24)25)17-8-12-19(13-9-17)27-15(2)3/h6-13,15H,5,14H2,1-4H3,(H,21,23). The van der Waals surface area contributed by atoms with Gasteiger partial charge in [-0.05, 0) is 69.3 Å². The summed E-state index contributed by atoms with van der Waals surface area (Å²) in [6.07, 6.45) is 1.08. The molecule has 0 saturated heterocycles. The maximum Gasteiger partial charge on any atom is 0.245 e. The lowest BCUT2D eigenvalue weighted by atomic mass is 10.3. The van der Waals surface area contributed by atoms with Gasteiger partial charge in [0.05, 0.1) is 24.7 Å². The number of anilines is 2. The smallest absolute Gasteiger partial charge is 0.245 e. The third-order valence-corrected chi connectivity index (χ3v) is 4.77. The molecule has 0 radical (unpaired) electrons. The van der Waals surface area contributed by atoms with Gasteiger partial charge < -0.3 is 14.8 Å². The number of hydrogen-bond donors (Lipinski definition) is 1. The lowest BCUT2D eigenvalue weighted by Gasteiger charge is -2.22. The Morgan fingerprint density at radius 2 is 1.61 bits per heavy atom. The van der Waals surface area contributed by atoms with Gasteiger partial charge in [0.15, 0.2) is 0 Å². The van der Waals surface area contributed by atoms with Crippen LogP contribution in [-0.4, -0.2) is 39.8 Å². The Bertz CT molecular complexity index is 878. The highest BCUT2D eigenvalue weighted by Gasteiger charge is 2.21. The molecular weight excluding hydrogens is 380 g/mol. The second-order valence-corrected chi connectivity index (χ2v) is 8.34. The monoisotopic (exact) mass is 406 g/mol. The molecule has 7 nitrogen and oxygen atoms in total. The average molecular weight is 407 g/mol. The van der Waals surface area contributed by atoms with E-state index in [0.717, 1.165) is 10.6 Å². The summed E-state index contributed by atoms with van der Waals surface area (Å²) in [5, 5.41) is 2.70. The summed E-state index contributed by atoms with van der Waals surface area (Å²) in [6.45, 7) is 5.91. The first kappa shape index (κ1) is 21.6. The number of hydrogen-bond acceptors (Lipinski definition) is 5. The summed E-state index contributed by atoms with van der Waals surface area (Å²) >= 11 is 0. The van der Waals surface area contributed by atoms with E-state index in [0.29, 0.717) is 29.5 Å². The van der Waals surface area contributed by atoms with Crippen molar-refractivity contribution < 1.29 is 22.7 Å². The largest absolute Gasteiger partial charge is 0.494 e. The number of rotatable bonds is 9. The molecule has 0 bridgehead atoms. The third kappa shape index (κ3) is 6.45. The van der Waals surface area contributed by atoms with E-state index in [-0.39, 0.29) is 12.6 Å². The zero-order valence-electron chi connectivity index (χ0n) is 16.5. The van der Waals surface area contributed by atoms with Crippen LogP contribution in [0.3, 0.4) is 0 Å². The Balaban J connectivity index is 2.10. The Hall–Kier alpha value is -2.74. The minimum Gasteiger partial charge on any atom is -0.494 e. The lowest BCUT2D eigenvalue weighted by Crippen LogP contribution is -2.37. The Labute approximate surface area is 166 Å². The fraction of sp³-hybridized carbons (Fsp3) is 0.350. The van der Waals surface area contributed by atoms with Crippen LogP contribution in [0.15, 0.2) is 48.5 Å². The number of ether oxygens (including phenoxy) is 2. The Morgan fingerprint density at radius 1 is 1.04 bits per heavy atom. The van der Waals surface area contributed by atoms with Crippen molar-refractivity contribution in [3.63, 3.8) is 0 Å². The molecule has 2 rings (SSSR count). The molecule has 1 amide bonds. The van der Waals surface area contributed by atoms with Crippen molar-refractivity contribution in [2.24, 2.45) is 0 Å². The van der Waals surface area contributed by atoms with Crippen molar-refractivity contribution in [3.05, 3.63) is 48.5 Å². The number of nitrogens with zero attached hydrogens (tertiary/aromatic N) is 1. The maximum absolute atomic E-state index is 12.4. The Kier molecular flexibility index (Phi) is 7.28. The van der Waals surface area contributed by atoms with Crippen molar-refractivity contribution in [1.82, 2.24) is 0 Å². The molecule has 0 unspecified atom stereocenters. The van der Waals surface area contributed by atoms with Gasteiger partial charge in [0.25, 0.3) is 0 Å². The third-order valence-electron chi connectivity index (χ3n) is 3.63. The number of sulfonamides is 1. The number of nitrogens with one attached hydrogen (secondary N) is 1.